The van der Waals surface area contributed by atoms with E-state index in [1.54, 1.807) is 13.2 Å². The lowest BCUT2D eigenvalue weighted by Gasteiger charge is -2.13. The maximum atomic E-state index is 13.7. The lowest BCUT2D eigenvalue weighted by atomic mass is 9.99. The van der Waals surface area contributed by atoms with Crippen molar-refractivity contribution in [2.75, 3.05) is 7.11 Å². The summed E-state index contributed by atoms with van der Waals surface area (Å²) in [5.41, 5.74) is 2.11. The van der Waals surface area contributed by atoms with E-state index in [2.05, 4.69) is 0 Å². The zero-order chi connectivity index (χ0) is 14.5. The topological polar surface area (TPSA) is 29.5 Å². The van der Waals surface area contributed by atoms with E-state index in [1.165, 1.54) is 12.1 Å². The first-order valence-corrected chi connectivity index (χ1v) is 6.67. The van der Waals surface area contributed by atoms with Crippen LogP contribution >= 0.6 is 11.6 Å². The molecule has 0 aliphatic carbocycles. The molecule has 0 fully saturated rings. The van der Waals surface area contributed by atoms with Crippen molar-refractivity contribution in [3.05, 3.63) is 70.0 Å². The minimum Gasteiger partial charge on any atom is -0.388 e. The van der Waals surface area contributed by atoms with Gasteiger partial charge in [-0.05, 0) is 34.9 Å². The molecule has 1 atom stereocenters. The molecular formula is C16H16ClFO2. The Labute approximate surface area is 122 Å². The predicted molar refractivity (Wildman–Crippen MR) is 77.2 cm³/mol. The quantitative estimate of drug-likeness (QED) is 0.906. The van der Waals surface area contributed by atoms with Crippen molar-refractivity contribution in [2.24, 2.45) is 0 Å². The molecule has 1 N–H and O–H groups in total. The first-order chi connectivity index (χ1) is 9.60. The van der Waals surface area contributed by atoms with Gasteiger partial charge in [-0.25, -0.2) is 4.39 Å². The first kappa shape index (κ1) is 15.0. The number of aliphatic hydroxyl groups excluding tert-OH is 1. The molecule has 0 heterocycles. The van der Waals surface area contributed by atoms with Crippen LogP contribution in [0.4, 0.5) is 4.39 Å². The van der Waals surface area contributed by atoms with E-state index in [-0.39, 0.29) is 12.2 Å². The van der Waals surface area contributed by atoms with Crippen LogP contribution in [0, 0.1) is 5.82 Å². The van der Waals surface area contributed by atoms with Crippen LogP contribution in [0.3, 0.4) is 0 Å². The highest BCUT2D eigenvalue weighted by Crippen LogP contribution is 2.23. The third-order valence-electron chi connectivity index (χ3n) is 3.07. The summed E-state index contributed by atoms with van der Waals surface area (Å²) in [6, 6.07) is 11.8. The van der Waals surface area contributed by atoms with E-state index in [0.29, 0.717) is 17.2 Å². The monoisotopic (exact) mass is 294 g/mol. The highest BCUT2D eigenvalue weighted by Gasteiger charge is 2.12. The minimum atomic E-state index is -0.778. The zero-order valence-corrected chi connectivity index (χ0v) is 11.9. The Morgan fingerprint density at radius 3 is 2.80 bits per heavy atom. The van der Waals surface area contributed by atoms with Gasteiger partial charge in [-0.2, -0.15) is 0 Å². The molecule has 1 unspecified atom stereocenters. The Hall–Kier alpha value is -1.42. The van der Waals surface area contributed by atoms with Crippen LogP contribution in [0.25, 0.3) is 0 Å². The first-order valence-electron chi connectivity index (χ1n) is 6.30. The number of hydrogen-bond acceptors (Lipinski definition) is 2. The summed E-state index contributed by atoms with van der Waals surface area (Å²) in [6.07, 6.45) is -0.595. The summed E-state index contributed by atoms with van der Waals surface area (Å²) in [7, 11) is 1.62. The number of ether oxygens (including phenoxy) is 1. The summed E-state index contributed by atoms with van der Waals surface area (Å²) in [4.78, 5) is 0. The summed E-state index contributed by atoms with van der Waals surface area (Å²) in [5.74, 6) is -0.360. The van der Waals surface area contributed by atoms with Crippen molar-refractivity contribution in [3.8, 4) is 0 Å². The molecule has 0 amide bonds. The van der Waals surface area contributed by atoms with Gasteiger partial charge in [0.15, 0.2) is 0 Å². The van der Waals surface area contributed by atoms with E-state index in [9.17, 15) is 9.50 Å². The molecule has 0 aromatic heterocycles. The van der Waals surface area contributed by atoms with Gasteiger partial charge in [-0.15, -0.1) is 0 Å². The molecule has 2 aromatic carbocycles. The summed E-state index contributed by atoms with van der Waals surface area (Å²) < 4.78 is 18.7. The molecule has 20 heavy (non-hydrogen) atoms. The Balaban J connectivity index is 2.17. The highest BCUT2D eigenvalue weighted by atomic mass is 35.5. The molecule has 2 nitrogen and oxygen atoms in total. The molecule has 0 radical (unpaired) electrons. The molecule has 2 rings (SSSR count). The number of benzene rings is 2. The third-order valence-corrected chi connectivity index (χ3v) is 3.30. The fraction of sp³-hybridized carbons (Fsp3) is 0.250. The molecule has 4 heteroatoms. The molecular weight excluding hydrogens is 279 g/mol. The summed E-state index contributed by atoms with van der Waals surface area (Å²) in [5, 5.41) is 10.7. The van der Waals surface area contributed by atoms with Crippen LogP contribution in [0.15, 0.2) is 42.5 Å². The van der Waals surface area contributed by atoms with Gasteiger partial charge in [-0.3, -0.25) is 0 Å². The van der Waals surface area contributed by atoms with E-state index in [0.717, 1.165) is 11.1 Å². The van der Waals surface area contributed by atoms with Gasteiger partial charge in [0.25, 0.3) is 0 Å². The second-order valence-corrected chi connectivity index (χ2v) is 5.07. The zero-order valence-electron chi connectivity index (χ0n) is 11.1. The van der Waals surface area contributed by atoms with Crippen molar-refractivity contribution >= 4 is 11.6 Å². The second-order valence-electron chi connectivity index (χ2n) is 4.63. The van der Waals surface area contributed by atoms with Crippen molar-refractivity contribution in [3.63, 3.8) is 0 Å². The highest BCUT2D eigenvalue weighted by molar-refractivity contribution is 6.30. The van der Waals surface area contributed by atoms with Gasteiger partial charge >= 0.3 is 0 Å². The number of hydrogen-bond donors (Lipinski definition) is 1. The van der Waals surface area contributed by atoms with Gasteiger partial charge in [-0.1, -0.05) is 35.9 Å². The smallest absolute Gasteiger partial charge is 0.126 e. The molecule has 0 aliphatic heterocycles. The van der Waals surface area contributed by atoms with Crippen molar-refractivity contribution in [2.45, 2.75) is 19.1 Å². The van der Waals surface area contributed by atoms with E-state index >= 15 is 0 Å². The average Bonchev–Trinajstić information content (AvgIpc) is 2.43. The average molecular weight is 295 g/mol. The van der Waals surface area contributed by atoms with E-state index in [4.69, 9.17) is 16.3 Å². The Kier molecular flexibility index (Phi) is 5.12. The van der Waals surface area contributed by atoms with Crippen LogP contribution in [-0.2, 0) is 17.8 Å². The van der Waals surface area contributed by atoms with Crippen LogP contribution < -0.4 is 0 Å². The van der Waals surface area contributed by atoms with Gasteiger partial charge < -0.3 is 9.84 Å². The maximum Gasteiger partial charge on any atom is 0.126 e. The third kappa shape index (κ3) is 3.79. The molecule has 2 aromatic rings. The van der Waals surface area contributed by atoms with Crippen LogP contribution in [0.1, 0.15) is 22.8 Å². The molecule has 0 saturated carbocycles. The van der Waals surface area contributed by atoms with Gasteiger partial charge in [0, 0.05) is 18.6 Å². The van der Waals surface area contributed by atoms with Gasteiger partial charge in [0.1, 0.15) is 5.82 Å². The number of aliphatic hydroxyl groups is 1. The van der Waals surface area contributed by atoms with Crippen molar-refractivity contribution in [1.82, 2.24) is 0 Å². The number of rotatable bonds is 5. The standard InChI is InChI=1S/C16H16ClFO2/c1-20-10-11-3-2-4-12(7-11)16(19)9-13-8-14(17)5-6-15(13)18/h2-8,16,19H,9-10H2,1H3. The number of methoxy groups -OCH3 is 1. The summed E-state index contributed by atoms with van der Waals surface area (Å²) in [6.45, 7) is 0.478. The van der Waals surface area contributed by atoms with Gasteiger partial charge in [0.2, 0.25) is 0 Å². The Morgan fingerprint density at radius 2 is 2.05 bits per heavy atom. The van der Waals surface area contributed by atoms with Crippen molar-refractivity contribution in [1.29, 1.82) is 0 Å². The van der Waals surface area contributed by atoms with E-state index < -0.39 is 6.10 Å². The van der Waals surface area contributed by atoms with Crippen LogP contribution in [0.5, 0.6) is 0 Å². The lowest BCUT2D eigenvalue weighted by molar-refractivity contribution is 0.174. The normalized spacial score (nSPS) is 12.4. The molecule has 0 saturated heterocycles. The lowest BCUT2D eigenvalue weighted by Crippen LogP contribution is -2.04. The maximum absolute atomic E-state index is 13.7. The molecule has 0 spiro atoms. The molecule has 0 bridgehead atoms. The fourth-order valence-corrected chi connectivity index (χ4v) is 2.28. The predicted octanol–water partition coefficient (Wildman–Crippen LogP) is 3.90. The van der Waals surface area contributed by atoms with E-state index in [1.807, 2.05) is 24.3 Å². The summed E-state index contributed by atoms with van der Waals surface area (Å²) >= 11 is 5.85. The Morgan fingerprint density at radius 1 is 1.25 bits per heavy atom. The fourth-order valence-electron chi connectivity index (χ4n) is 2.08. The Bertz CT molecular complexity index is 586. The molecule has 106 valence electrons. The minimum absolute atomic E-state index is 0.183. The van der Waals surface area contributed by atoms with Crippen LogP contribution in [-0.4, -0.2) is 12.2 Å². The molecule has 0 aliphatic rings. The van der Waals surface area contributed by atoms with Crippen LogP contribution in [0.2, 0.25) is 5.02 Å². The van der Waals surface area contributed by atoms with Gasteiger partial charge in [0.05, 0.1) is 12.7 Å². The second kappa shape index (κ2) is 6.84. The number of halogens is 2. The largest absolute Gasteiger partial charge is 0.388 e. The SMILES string of the molecule is COCc1cccc(C(O)Cc2cc(Cl)ccc2F)c1. The van der Waals surface area contributed by atoms with Crippen molar-refractivity contribution < 1.29 is 14.2 Å².